The minimum absolute atomic E-state index is 0.0535. The molecule has 0 aromatic heterocycles. The third kappa shape index (κ3) is 2.25. The monoisotopic (exact) mass is 160 g/mol. The standard InChI is InChI=1S/C7H12O4/c1-3-9-7(2)10-4-6(8)5-11-7/h3-5H2,1-2H3. The SMILES string of the molecule is CCOC1(C)OCC(=O)CO1. The van der Waals surface area contributed by atoms with Crippen LogP contribution in [0.1, 0.15) is 13.8 Å². The summed E-state index contributed by atoms with van der Waals surface area (Å²) in [5, 5.41) is 0. The summed E-state index contributed by atoms with van der Waals surface area (Å²) in [7, 11) is 0. The van der Waals surface area contributed by atoms with E-state index in [1.165, 1.54) is 0 Å². The molecule has 1 fully saturated rings. The van der Waals surface area contributed by atoms with Crippen molar-refractivity contribution >= 4 is 5.78 Å². The van der Waals surface area contributed by atoms with Crippen molar-refractivity contribution in [3.05, 3.63) is 0 Å². The average molecular weight is 160 g/mol. The normalized spacial score (nSPS) is 23.6. The molecule has 0 spiro atoms. The molecule has 0 atom stereocenters. The van der Waals surface area contributed by atoms with E-state index in [0.717, 1.165) is 0 Å². The van der Waals surface area contributed by atoms with Crippen LogP contribution in [-0.4, -0.2) is 31.6 Å². The Kier molecular flexibility index (Phi) is 2.59. The maximum absolute atomic E-state index is 10.6. The molecule has 11 heavy (non-hydrogen) atoms. The van der Waals surface area contributed by atoms with Gasteiger partial charge in [-0.3, -0.25) is 4.79 Å². The Morgan fingerprint density at radius 3 is 2.55 bits per heavy atom. The van der Waals surface area contributed by atoms with Crippen LogP contribution >= 0.6 is 0 Å². The molecule has 64 valence electrons. The molecular formula is C7H12O4. The Hall–Kier alpha value is -0.450. The summed E-state index contributed by atoms with van der Waals surface area (Å²) in [6, 6.07) is 0. The zero-order chi connectivity index (χ0) is 8.32. The smallest absolute Gasteiger partial charge is 0.280 e. The molecule has 0 aromatic carbocycles. The van der Waals surface area contributed by atoms with E-state index in [1.807, 2.05) is 6.92 Å². The lowest BCUT2D eigenvalue weighted by atomic mass is 10.4. The first-order valence-corrected chi connectivity index (χ1v) is 3.60. The van der Waals surface area contributed by atoms with Crippen LogP contribution < -0.4 is 0 Å². The summed E-state index contributed by atoms with van der Waals surface area (Å²) in [6.07, 6.45) is 0. The van der Waals surface area contributed by atoms with Crippen LogP contribution in [0.2, 0.25) is 0 Å². The van der Waals surface area contributed by atoms with Crippen LogP contribution in [0.5, 0.6) is 0 Å². The molecular weight excluding hydrogens is 148 g/mol. The first kappa shape index (κ1) is 8.64. The molecule has 1 saturated heterocycles. The lowest BCUT2D eigenvalue weighted by Crippen LogP contribution is -2.44. The van der Waals surface area contributed by atoms with Gasteiger partial charge in [0.25, 0.3) is 5.97 Å². The zero-order valence-corrected chi connectivity index (χ0v) is 6.75. The van der Waals surface area contributed by atoms with Gasteiger partial charge in [-0.25, -0.2) is 0 Å². The second-order valence-corrected chi connectivity index (χ2v) is 2.41. The van der Waals surface area contributed by atoms with E-state index in [0.29, 0.717) is 6.61 Å². The van der Waals surface area contributed by atoms with Gasteiger partial charge in [0.1, 0.15) is 13.2 Å². The zero-order valence-electron chi connectivity index (χ0n) is 6.75. The topological polar surface area (TPSA) is 44.8 Å². The summed E-state index contributed by atoms with van der Waals surface area (Å²) in [5.41, 5.74) is 0. The van der Waals surface area contributed by atoms with Crippen LogP contribution in [0.15, 0.2) is 0 Å². The Morgan fingerprint density at radius 2 is 2.09 bits per heavy atom. The lowest BCUT2D eigenvalue weighted by Gasteiger charge is -2.31. The lowest BCUT2D eigenvalue weighted by molar-refractivity contribution is -0.374. The first-order valence-electron chi connectivity index (χ1n) is 3.60. The second kappa shape index (κ2) is 3.30. The summed E-state index contributed by atoms with van der Waals surface area (Å²) in [6.45, 7) is 4.16. The molecule has 1 heterocycles. The molecule has 1 aliphatic rings. The molecule has 0 saturated carbocycles. The molecule has 0 aromatic rings. The van der Waals surface area contributed by atoms with E-state index < -0.39 is 5.97 Å². The highest BCUT2D eigenvalue weighted by Crippen LogP contribution is 2.17. The predicted octanol–water partition coefficient (Wildman–Crippen LogP) is 0.312. The van der Waals surface area contributed by atoms with E-state index in [4.69, 9.17) is 14.2 Å². The molecule has 4 heteroatoms. The summed E-state index contributed by atoms with van der Waals surface area (Å²) >= 11 is 0. The molecule has 4 nitrogen and oxygen atoms in total. The molecule has 1 rings (SSSR count). The Bertz CT molecular complexity index is 145. The van der Waals surface area contributed by atoms with Gasteiger partial charge in [-0.15, -0.1) is 0 Å². The number of carbonyl (C=O) groups is 1. The number of Topliss-reactive ketones (excluding diaryl/α,β-unsaturated/α-hetero) is 1. The fraction of sp³-hybridized carbons (Fsp3) is 0.857. The van der Waals surface area contributed by atoms with Crippen molar-refractivity contribution in [1.29, 1.82) is 0 Å². The fourth-order valence-corrected chi connectivity index (χ4v) is 0.852. The highest BCUT2D eigenvalue weighted by molar-refractivity contribution is 5.81. The van der Waals surface area contributed by atoms with Gasteiger partial charge in [-0.1, -0.05) is 0 Å². The third-order valence-corrected chi connectivity index (χ3v) is 1.40. The van der Waals surface area contributed by atoms with Crippen molar-refractivity contribution in [1.82, 2.24) is 0 Å². The molecule has 1 aliphatic heterocycles. The van der Waals surface area contributed by atoms with E-state index in [2.05, 4.69) is 0 Å². The van der Waals surface area contributed by atoms with E-state index >= 15 is 0 Å². The summed E-state index contributed by atoms with van der Waals surface area (Å²) in [4.78, 5) is 10.6. The highest BCUT2D eigenvalue weighted by atomic mass is 16.9. The quantitative estimate of drug-likeness (QED) is 0.583. The molecule has 0 radical (unpaired) electrons. The van der Waals surface area contributed by atoms with Gasteiger partial charge in [0.05, 0.1) is 0 Å². The van der Waals surface area contributed by atoms with Gasteiger partial charge < -0.3 is 14.2 Å². The first-order chi connectivity index (χ1) is 5.16. The molecule has 0 bridgehead atoms. The number of ether oxygens (including phenoxy) is 3. The summed E-state index contributed by atoms with van der Waals surface area (Å²) in [5.74, 6) is -1.06. The van der Waals surface area contributed by atoms with Gasteiger partial charge in [-0.05, 0) is 6.92 Å². The largest absolute Gasteiger partial charge is 0.328 e. The van der Waals surface area contributed by atoms with Crippen molar-refractivity contribution in [3.63, 3.8) is 0 Å². The Morgan fingerprint density at radius 1 is 1.55 bits per heavy atom. The van der Waals surface area contributed by atoms with Crippen LogP contribution in [0.3, 0.4) is 0 Å². The van der Waals surface area contributed by atoms with Crippen molar-refractivity contribution in [2.45, 2.75) is 19.8 Å². The van der Waals surface area contributed by atoms with Crippen LogP contribution in [-0.2, 0) is 19.0 Å². The number of carbonyl (C=O) groups excluding carboxylic acids is 1. The van der Waals surface area contributed by atoms with Gasteiger partial charge in [0.15, 0.2) is 5.78 Å². The number of hydrogen-bond donors (Lipinski definition) is 0. The van der Waals surface area contributed by atoms with E-state index in [1.54, 1.807) is 6.92 Å². The maximum atomic E-state index is 10.6. The predicted molar refractivity (Wildman–Crippen MR) is 36.9 cm³/mol. The van der Waals surface area contributed by atoms with Crippen molar-refractivity contribution in [2.75, 3.05) is 19.8 Å². The van der Waals surface area contributed by atoms with E-state index in [9.17, 15) is 4.79 Å². The molecule has 0 unspecified atom stereocenters. The van der Waals surface area contributed by atoms with Crippen LogP contribution in [0.25, 0.3) is 0 Å². The van der Waals surface area contributed by atoms with Crippen molar-refractivity contribution in [3.8, 4) is 0 Å². The number of rotatable bonds is 2. The molecule has 0 N–H and O–H groups in total. The maximum Gasteiger partial charge on any atom is 0.280 e. The number of hydrogen-bond acceptors (Lipinski definition) is 4. The van der Waals surface area contributed by atoms with Gasteiger partial charge in [0.2, 0.25) is 0 Å². The van der Waals surface area contributed by atoms with E-state index in [-0.39, 0.29) is 19.0 Å². The van der Waals surface area contributed by atoms with Gasteiger partial charge in [-0.2, -0.15) is 0 Å². The van der Waals surface area contributed by atoms with Crippen molar-refractivity contribution in [2.24, 2.45) is 0 Å². The van der Waals surface area contributed by atoms with Crippen LogP contribution in [0.4, 0.5) is 0 Å². The second-order valence-electron chi connectivity index (χ2n) is 2.41. The van der Waals surface area contributed by atoms with Crippen LogP contribution in [0, 0.1) is 0 Å². The highest BCUT2D eigenvalue weighted by Gasteiger charge is 2.32. The minimum atomic E-state index is -1.01. The minimum Gasteiger partial charge on any atom is -0.328 e. The van der Waals surface area contributed by atoms with Crippen molar-refractivity contribution < 1.29 is 19.0 Å². The number of ketones is 1. The average Bonchev–Trinajstić information content (AvgIpc) is 1.97. The molecule has 0 amide bonds. The Balaban J connectivity index is 2.41. The van der Waals surface area contributed by atoms with Gasteiger partial charge in [0, 0.05) is 13.5 Å². The fourth-order valence-electron chi connectivity index (χ4n) is 0.852. The third-order valence-electron chi connectivity index (χ3n) is 1.40. The molecule has 0 aliphatic carbocycles. The Labute approximate surface area is 65.4 Å². The summed E-state index contributed by atoms with van der Waals surface area (Å²) < 4.78 is 15.2. The van der Waals surface area contributed by atoms with Gasteiger partial charge >= 0.3 is 0 Å².